The van der Waals surface area contributed by atoms with Crippen molar-refractivity contribution in [2.75, 3.05) is 7.11 Å². The Morgan fingerprint density at radius 2 is 1.32 bits per heavy atom. The predicted molar refractivity (Wildman–Crippen MR) is 118 cm³/mol. The van der Waals surface area contributed by atoms with Crippen LogP contribution in [-0.4, -0.2) is 13.1 Å². The summed E-state index contributed by atoms with van der Waals surface area (Å²) in [6.07, 6.45) is 3.90. The molecular formula is C25H22O2S. The zero-order chi connectivity index (χ0) is 19.8. The third-order valence-corrected chi connectivity index (χ3v) is 5.19. The summed E-state index contributed by atoms with van der Waals surface area (Å²) < 4.78 is 5.10. The summed E-state index contributed by atoms with van der Waals surface area (Å²) in [5.74, 6) is -0.356. The van der Waals surface area contributed by atoms with E-state index in [4.69, 9.17) is 4.74 Å². The number of thioether (sulfide) groups is 1. The van der Waals surface area contributed by atoms with E-state index < -0.39 is 0 Å². The van der Waals surface area contributed by atoms with Crippen molar-refractivity contribution in [2.24, 2.45) is 0 Å². The van der Waals surface area contributed by atoms with Crippen LogP contribution in [0, 0.1) is 6.92 Å². The first-order valence-corrected chi connectivity index (χ1v) is 9.84. The highest BCUT2D eigenvalue weighted by Gasteiger charge is 2.17. The predicted octanol–water partition coefficient (Wildman–Crippen LogP) is 6.38. The number of hydrogen-bond donors (Lipinski definition) is 0. The Morgan fingerprint density at radius 3 is 1.86 bits per heavy atom. The Morgan fingerprint density at radius 1 is 0.786 bits per heavy atom. The minimum absolute atomic E-state index is 0.356. The fourth-order valence-electron chi connectivity index (χ4n) is 2.65. The molecule has 3 rings (SSSR count). The summed E-state index contributed by atoms with van der Waals surface area (Å²) in [7, 11) is 1.41. The molecule has 0 aliphatic rings. The van der Waals surface area contributed by atoms with Crippen LogP contribution in [-0.2, 0) is 9.53 Å². The highest BCUT2D eigenvalue weighted by Crippen LogP contribution is 2.35. The van der Waals surface area contributed by atoms with Gasteiger partial charge in [-0.15, -0.1) is 0 Å². The molecule has 2 nitrogen and oxygen atoms in total. The van der Waals surface area contributed by atoms with Crippen molar-refractivity contribution in [3.63, 3.8) is 0 Å². The highest BCUT2D eigenvalue weighted by atomic mass is 32.2. The van der Waals surface area contributed by atoms with Crippen LogP contribution in [0.3, 0.4) is 0 Å². The summed E-state index contributed by atoms with van der Waals surface area (Å²) in [5.41, 5.74) is 3.71. The van der Waals surface area contributed by atoms with Crippen molar-refractivity contribution in [3.8, 4) is 0 Å². The molecule has 0 aliphatic carbocycles. The molecule has 0 amide bonds. The SMILES string of the molecule is COC(=O)C(=C/c1ccccc1)/C(=C\c1ccccc1)Sc1ccc(C)cc1. The van der Waals surface area contributed by atoms with Crippen LogP contribution in [0.1, 0.15) is 16.7 Å². The van der Waals surface area contributed by atoms with E-state index in [1.165, 1.54) is 12.7 Å². The molecule has 28 heavy (non-hydrogen) atoms. The lowest BCUT2D eigenvalue weighted by molar-refractivity contribution is -0.135. The molecule has 0 fully saturated rings. The maximum absolute atomic E-state index is 12.6. The van der Waals surface area contributed by atoms with Crippen LogP contribution < -0.4 is 0 Å². The highest BCUT2D eigenvalue weighted by molar-refractivity contribution is 8.03. The maximum Gasteiger partial charge on any atom is 0.339 e. The number of methoxy groups -OCH3 is 1. The van der Waals surface area contributed by atoms with Gasteiger partial charge in [-0.05, 0) is 42.3 Å². The van der Waals surface area contributed by atoms with Gasteiger partial charge in [0.25, 0.3) is 0 Å². The largest absolute Gasteiger partial charge is 0.465 e. The smallest absolute Gasteiger partial charge is 0.339 e. The molecule has 0 saturated carbocycles. The molecule has 3 heteroatoms. The Kier molecular flexibility index (Phi) is 6.88. The average Bonchev–Trinajstić information content (AvgIpc) is 2.74. The van der Waals surface area contributed by atoms with Crippen molar-refractivity contribution in [1.82, 2.24) is 0 Å². The van der Waals surface area contributed by atoms with Crippen LogP contribution in [0.2, 0.25) is 0 Å². The van der Waals surface area contributed by atoms with Gasteiger partial charge in [0.2, 0.25) is 0 Å². The van der Waals surface area contributed by atoms with Crippen LogP contribution in [0.4, 0.5) is 0 Å². The van der Waals surface area contributed by atoms with Gasteiger partial charge in [-0.2, -0.15) is 0 Å². The van der Waals surface area contributed by atoms with Gasteiger partial charge in [-0.25, -0.2) is 4.79 Å². The van der Waals surface area contributed by atoms with Crippen LogP contribution in [0.5, 0.6) is 0 Å². The number of aryl methyl sites for hydroxylation is 1. The first kappa shape index (κ1) is 19.7. The number of esters is 1. The van der Waals surface area contributed by atoms with Gasteiger partial charge in [0.05, 0.1) is 12.7 Å². The molecule has 140 valence electrons. The van der Waals surface area contributed by atoms with E-state index in [9.17, 15) is 4.79 Å². The van der Waals surface area contributed by atoms with Crippen molar-refractivity contribution in [1.29, 1.82) is 0 Å². The molecule has 0 bridgehead atoms. The van der Waals surface area contributed by atoms with Crippen LogP contribution in [0.15, 0.2) is 100 Å². The zero-order valence-electron chi connectivity index (χ0n) is 16.0. The number of ether oxygens (including phenoxy) is 1. The standard InChI is InChI=1S/C25H22O2S/c1-19-13-15-22(16-14-19)28-24(18-21-11-7-4-8-12-21)23(25(26)27-2)17-20-9-5-3-6-10-20/h3-18H,1-2H3/b23-17+,24-18+. The molecule has 0 saturated heterocycles. The lowest BCUT2D eigenvalue weighted by Gasteiger charge is -2.12. The van der Waals surface area contributed by atoms with Crippen molar-refractivity contribution in [3.05, 3.63) is 112 Å². The quantitative estimate of drug-likeness (QED) is 0.213. The van der Waals surface area contributed by atoms with Gasteiger partial charge in [0.1, 0.15) is 0 Å². The minimum Gasteiger partial charge on any atom is -0.465 e. The third-order valence-electron chi connectivity index (χ3n) is 4.13. The normalized spacial score (nSPS) is 11.9. The maximum atomic E-state index is 12.6. The van der Waals surface area contributed by atoms with E-state index in [0.717, 1.165) is 20.9 Å². The number of rotatable bonds is 6. The van der Waals surface area contributed by atoms with Crippen LogP contribution >= 0.6 is 11.8 Å². The molecule has 0 radical (unpaired) electrons. The third kappa shape index (κ3) is 5.48. The van der Waals surface area contributed by atoms with E-state index >= 15 is 0 Å². The number of carbonyl (C=O) groups is 1. The fourth-order valence-corrected chi connectivity index (χ4v) is 3.63. The first-order chi connectivity index (χ1) is 13.7. The first-order valence-electron chi connectivity index (χ1n) is 9.02. The topological polar surface area (TPSA) is 26.3 Å². The lowest BCUT2D eigenvalue weighted by Crippen LogP contribution is -2.06. The van der Waals surface area contributed by atoms with E-state index in [2.05, 4.69) is 31.2 Å². The number of hydrogen-bond acceptors (Lipinski definition) is 3. The van der Waals surface area contributed by atoms with E-state index in [1.807, 2.05) is 72.8 Å². The summed E-state index contributed by atoms with van der Waals surface area (Å²) >= 11 is 1.56. The Bertz CT molecular complexity index is 972. The van der Waals surface area contributed by atoms with Gasteiger partial charge in [0, 0.05) is 9.80 Å². The van der Waals surface area contributed by atoms with E-state index in [-0.39, 0.29) is 5.97 Å². The van der Waals surface area contributed by atoms with E-state index in [0.29, 0.717) is 5.57 Å². The second-order valence-corrected chi connectivity index (χ2v) is 7.41. The van der Waals surface area contributed by atoms with Crippen LogP contribution in [0.25, 0.3) is 12.2 Å². The number of carbonyl (C=O) groups excluding carboxylic acids is 1. The summed E-state index contributed by atoms with van der Waals surface area (Å²) in [4.78, 5) is 14.6. The zero-order valence-corrected chi connectivity index (χ0v) is 16.8. The van der Waals surface area contributed by atoms with Gasteiger partial charge in [-0.1, -0.05) is 90.1 Å². The summed E-state index contributed by atoms with van der Waals surface area (Å²) in [6.45, 7) is 2.06. The lowest BCUT2D eigenvalue weighted by atomic mass is 10.1. The van der Waals surface area contributed by atoms with Gasteiger partial charge < -0.3 is 4.74 Å². The Labute approximate surface area is 170 Å². The molecule has 0 aromatic heterocycles. The fraction of sp³-hybridized carbons (Fsp3) is 0.0800. The molecule has 0 spiro atoms. The second-order valence-electron chi connectivity index (χ2n) is 6.29. The Hall–Kier alpha value is -3.04. The molecule has 0 N–H and O–H groups in total. The van der Waals surface area contributed by atoms with Gasteiger partial charge in [-0.3, -0.25) is 0 Å². The molecule has 3 aromatic carbocycles. The molecular weight excluding hydrogens is 364 g/mol. The molecule has 0 aliphatic heterocycles. The van der Waals surface area contributed by atoms with Crippen molar-refractivity contribution >= 4 is 29.9 Å². The number of benzene rings is 3. The summed E-state index contributed by atoms with van der Waals surface area (Å²) in [6, 6.07) is 28.1. The average molecular weight is 387 g/mol. The molecule has 3 aromatic rings. The summed E-state index contributed by atoms with van der Waals surface area (Å²) in [5, 5.41) is 0. The molecule has 0 atom stereocenters. The van der Waals surface area contributed by atoms with Gasteiger partial charge in [0.15, 0.2) is 0 Å². The second kappa shape index (κ2) is 9.77. The molecule has 0 heterocycles. The van der Waals surface area contributed by atoms with Crippen molar-refractivity contribution < 1.29 is 9.53 Å². The van der Waals surface area contributed by atoms with Gasteiger partial charge >= 0.3 is 5.97 Å². The van der Waals surface area contributed by atoms with Crippen molar-refractivity contribution in [2.45, 2.75) is 11.8 Å². The van der Waals surface area contributed by atoms with E-state index in [1.54, 1.807) is 11.8 Å². The molecule has 0 unspecified atom stereocenters. The minimum atomic E-state index is -0.356. The Balaban J connectivity index is 2.08. The monoisotopic (exact) mass is 386 g/mol.